The van der Waals surface area contributed by atoms with E-state index in [0.717, 1.165) is 13.0 Å². The molecular formula is C25H47N3O7. The van der Waals surface area contributed by atoms with E-state index < -0.39 is 52.8 Å². The molecule has 10 heteroatoms. The van der Waals surface area contributed by atoms with Crippen LogP contribution in [-0.2, 0) is 28.6 Å². The number of esters is 3. The van der Waals surface area contributed by atoms with Gasteiger partial charge in [-0.3, -0.25) is 4.79 Å². The Labute approximate surface area is 210 Å². The van der Waals surface area contributed by atoms with Gasteiger partial charge in [-0.25, -0.2) is 14.4 Å². The molecule has 0 spiro atoms. The zero-order chi connectivity index (χ0) is 27.4. The number of carbonyl (C=O) groups excluding carboxylic acids is 4. The van der Waals surface area contributed by atoms with Crippen LogP contribution in [-0.4, -0.2) is 66.4 Å². The lowest BCUT2D eigenvalue weighted by atomic mass is 10.1. The van der Waals surface area contributed by atoms with Gasteiger partial charge < -0.3 is 30.2 Å². The summed E-state index contributed by atoms with van der Waals surface area (Å²) in [6, 6.07) is -2.73. The third-order valence-electron chi connectivity index (χ3n) is 4.22. The van der Waals surface area contributed by atoms with Crippen LogP contribution in [0, 0.1) is 0 Å². The molecule has 2 unspecified atom stereocenters. The van der Waals surface area contributed by atoms with Crippen LogP contribution in [0.15, 0.2) is 0 Å². The third-order valence-corrected chi connectivity index (χ3v) is 4.22. The fourth-order valence-corrected chi connectivity index (χ4v) is 2.91. The fraction of sp³-hybridized carbons (Fsp3) is 0.840. The van der Waals surface area contributed by atoms with Crippen molar-refractivity contribution in [2.24, 2.45) is 0 Å². The van der Waals surface area contributed by atoms with Crippen LogP contribution in [0.1, 0.15) is 94.4 Å². The zero-order valence-electron chi connectivity index (χ0n) is 23.3. The minimum atomic E-state index is -1.11. The Morgan fingerprint density at radius 2 is 1.09 bits per heavy atom. The lowest BCUT2D eigenvalue weighted by molar-refractivity contribution is -0.159. The van der Waals surface area contributed by atoms with Crippen molar-refractivity contribution in [3.63, 3.8) is 0 Å². The van der Waals surface area contributed by atoms with Gasteiger partial charge in [0.1, 0.15) is 28.9 Å². The molecule has 0 aromatic carbocycles. The number of hydrogen-bond acceptors (Lipinski definition) is 8. The summed E-state index contributed by atoms with van der Waals surface area (Å²) >= 11 is 0. The SMILES string of the molecule is CNCCCCC(NC(=O)NC(CCC(=O)OC(C)(C)C)C(=O)OC(C)(C)C)C(=O)OC(C)(C)C. The summed E-state index contributed by atoms with van der Waals surface area (Å²) in [6.45, 7) is 16.4. The van der Waals surface area contributed by atoms with Crippen molar-refractivity contribution < 1.29 is 33.4 Å². The maximum Gasteiger partial charge on any atom is 0.329 e. The van der Waals surface area contributed by atoms with E-state index in [4.69, 9.17) is 14.2 Å². The first-order valence-corrected chi connectivity index (χ1v) is 12.2. The molecule has 204 valence electrons. The Morgan fingerprint density at radius 3 is 1.49 bits per heavy atom. The summed E-state index contributed by atoms with van der Waals surface area (Å²) in [4.78, 5) is 50.4. The zero-order valence-corrected chi connectivity index (χ0v) is 23.3. The molecule has 0 aliphatic rings. The number of amides is 2. The average molecular weight is 502 g/mol. The first-order chi connectivity index (χ1) is 15.8. The van der Waals surface area contributed by atoms with Crippen LogP contribution >= 0.6 is 0 Å². The molecule has 0 fully saturated rings. The Kier molecular flexibility index (Phi) is 13.3. The van der Waals surface area contributed by atoms with Crippen LogP contribution < -0.4 is 16.0 Å². The van der Waals surface area contributed by atoms with Crippen LogP contribution in [0.2, 0.25) is 0 Å². The van der Waals surface area contributed by atoms with Crippen LogP contribution in [0.25, 0.3) is 0 Å². The summed E-state index contributed by atoms with van der Waals surface area (Å²) in [7, 11) is 1.84. The monoisotopic (exact) mass is 501 g/mol. The van der Waals surface area contributed by atoms with Crippen molar-refractivity contribution in [2.75, 3.05) is 13.6 Å². The number of urea groups is 1. The van der Waals surface area contributed by atoms with Crippen molar-refractivity contribution in [1.82, 2.24) is 16.0 Å². The number of unbranched alkanes of at least 4 members (excludes halogenated alkanes) is 1. The van der Waals surface area contributed by atoms with Crippen molar-refractivity contribution in [2.45, 2.75) is 123 Å². The van der Waals surface area contributed by atoms with Crippen molar-refractivity contribution in [3.05, 3.63) is 0 Å². The van der Waals surface area contributed by atoms with Crippen LogP contribution in [0.4, 0.5) is 4.79 Å². The van der Waals surface area contributed by atoms with Gasteiger partial charge in [-0.15, -0.1) is 0 Å². The van der Waals surface area contributed by atoms with E-state index in [9.17, 15) is 19.2 Å². The second kappa shape index (κ2) is 14.3. The molecule has 2 amide bonds. The number of hydrogen-bond donors (Lipinski definition) is 3. The lowest BCUT2D eigenvalue weighted by Crippen LogP contribution is -2.53. The molecule has 35 heavy (non-hydrogen) atoms. The predicted molar refractivity (Wildman–Crippen MR) is 134 cm³/mol. The highest BCUT2D eigenvalue weighted by Crippen LogP contribution is 2.15. The van der Waals surface area contributed by atoms with Gasteiger partial charge in [0, 0.05) is 6.42 Å². The lowest BCUT2D eigenvalue weighted by Gasteiger charge is -2.27. The fourth-order valence-electron chi connectivity index (χ4n) is 2.91. The average Bonchev–Trinajstić information content (AvgIpc) is 2.63. The number of nitrogens with one attached hydrogen (secondary N) is 3. The topological polar surface area (TPSA) is 132 Å². The molecule has 0 saturated carbocycles. The van der Waals surface area contributed by atoms with E-state index >= 15 is 0 Å². The van der Waals surface area contributed by atoms with Crippen LogP contribution in [0.5, 0.6) is 0 Å². The third kappa shape index (κ3) is 17.7. The van der Waals surface area contributed by atoms with Gasteiger partial charge in [-0.05, 0) is 102 Å². The molecular weight excluding hydrogens is 454 g/mol. The maximum absolute atomic E-state index is 12.8. The minimum absolute atomic E-state index is 0.0173. The normalized spacial score (nSPS) is 13.9. The van der Waals surface area contributed by atoms with Crippen molar-refractivity contribution in [1.29, 1.82) is 0 Å². The molecule has 0 radical (unpaired) electrons. The summed E-state index contributed by atoms with van der Waals surface area (Å²) in [5, 5.41) is 8.22. The number of rotatable bonds is 12. The largest absolute Gasteiger partial charge is 0.460 e. The molecule has 2 atom stereocenters. The van der Waals surface area contributed by atoms with Crippen molar-refractivity contribution in [3.8, 4) is 0 Å². The molecule has 0 aromatic heterocycles. The van der Waals surface area contributed by atoms with Crippen LogP contribution in [0.3, 0.4) is 0 Å². The highest BCUT2D eigenvalue weighted by molar-refractivity contribution is 5.87. The summed E-state index contributed by atoms with van der Waals surface area (Å²) in [5.41, 5.74) is -2.17. The Bertz CT molecular complexity index is 703. The minimum Gasteiger partial charge on any atom is -0.460 e. The molecule has 0 rings (SSSR count). The molecule has 0 aromatic rings. The Balaban J connectivity index is 5.38. The second-order valence-corrected chi connectivity index (χ2v) is 11.5. The smallest absolute Gasteiger partial charge is 0.329 e. The highest BCUT2D eigenvalue weighted by atomic mass is 16.6. The predicted octanol–water partition coefficient (Wildman–Crippen LogP) is 3.22. The number of carbonyl (C=O) groups is 4. The summed E-state index contributed by atoms with van der Waals surface area (Å²) < 4.78 is 16.2. The van der Waals surface area contributed by atoms with E-state index in [1.807, 2.05) is 7.05 Å². The molecule has 3 N–H and O–H groups in total. The van der Waals surface area contributed by atoms with Gasteiger partial charge in [0.05, 0.1) is 0 Å². The van der Waals surface area contributed by atoms with Gasteiger partial charge in [-0.1, -0.05) is 0 Å². The molecule has 0 aliphatic carbocycles. The van der Waals surface area contributed by atoms with E-state index in [-0.39, 0.29) is 12.8 Å². The van der Waals surface area contributed by atoms with Gasteiger partial charge in [0.2, 0.25) is 0 Å². The van der Waals surface area contributed by atoms with E-state index in [1.165, 1.54) is 0 Å². The Morgan fingerprint density at radius 1 is 0.657 bits per heavy atom. The van der Waals surface area contributed by atoms with Crippen molar-refractivity contribution >= 4 is 23.9 Å². The standard InChI is InChI=1S/C25H47N3O7/c1-23(2,3)33-19(29)15-14-18(21(31)35-25(7,8)9)28-22(32)27-17(13-11-12-16-26-10)20(30)34-24(4,5)6/h17-18,26H,11-16H2,1-10H3,(H2,27,28,32). The quantitative estimate of drug-likeness (QED) is 0.211. The molecule has 0 bridgehead atoms. The molecule has 10 nitrogen and oxygen atoms in total. The Hall–Kier alpha value is -2.36. The summed E-state index contributed by atoms with van der Waals surface area (Å²) in [5.74, 6) is -1.73. The van der Waals surface area contributed by atoms with Gasteiger partial charge in [-0.2, -0.15) is 0 Å². The second-order valence-electron chi connectivity index (χ2n) is 11.5. The van der Waals surface area contributed by atoms with Gasteiger partial charge in [0.15, 0.2) is 0 Å². The highest BCUT2D eigenvalue weighted by Gasteiger charge is 2.31. The van der Waals surface area contributed by atoms with E-state index in [0.29, 0.717) is 12.8 Å². The number of ether oxygens (including phenoxy) is 3. The molecule has 0 heterocycles. The molecule has 0 aliphatic heterocycles. The van der Waals surface area contributed by atoms with E-state index in [1.54, 1.807) is 62.3 Å². The summed E-state index contributed by atoms with van der Waals surface area (Å²) in [6.07, 6.45) is 1.76. The van der Waals surface area contributed by atoms with E-state index in [2.05, 4.69) is 16.0 Å². The van der Waals surface area contributed by atoms with Gasteiger partial charge in [0.25, 0.3) is 0 Å². The first kappa shape index (κ1) is 32.6. The van der Waals surface area contributed by atoms with Gasteiger partial charge >= 0.3 is 23.9 Å². The maximum atomic E-state index is 12.8. The molecule has 0 saturated heterocycles. The first-order valence-electron chi connectivity index (χ1n) is 12.2.